The molecule has 1 amide bonds. The number of thioether (sulfide) groups is 1. The topological polar surface area (TPSA) is 67.2 Å². The number of aromatic nitrogens is 2. The summed E-state index contributed by atoms with van der Waals surface area (Å²) in [7, 11) is 0. The second-order valence-electron chi connectivity index (χ2n) is 8.39. The second kappa shape index (κ2) is 9.32. The Morgan fingerprint density at radius 3 is 2.59 bits per heavy atom. The van der Waals surface area contributed by atoms with Crippen LogP contribution in [0.1, 0.15) is 22.3 Å². The van der Waals surface area contributed by atoms with E-state index in [4.69, 9.17) is 21.9 Å². The average molecular weight is 493 g/mol. The Bertz CT molecular complexity index is 1380. The first-order chi connectivity index (χ1) is 16.4. The van der Waals surface area contributed by atoms with Gasteiger partial charge in [-0.3, -0.25) is 18.9 Å². The van der Waals surface area contributed by atoms with Crippen LogP contribution < -0.4 is 10.5 Å². The van der Waals surface area contributed by atoms with Crippen LogP contribution in [-0.4, -0.2) is 50.8 Å². The third-order valence-corrected chi connectivity index (χ3v) is 7.36. The van der Waals surface area contributed by atoms with Gasteiger partial charge in [0.25, 0.3) is 11.5 Å². The standard InChI is InChI=1S/C25H24N4O3S2/c1-16-5-7-18(8-6-16)15-29-24(31)20(34-25(29)33)14-19-22(27-10-12-32-13-11-27)26-21-17(2)4-3-9-28(21)23(19)30/h3-9,14H,10-13,15H2,1-2H3/b20-14+. The van der Waals surface area contributed by atoms with Crippen LogP contribution in [0.15, 0.2) is 52.3 Å². The minimum absolute atomic E-state index is 0.197. The molecule has 4 heterocycles. The van der Waals surface area contributed by atoms with Gasteiger partial charge in [-0.05, 0) is 37.1 Å². The molecule has 0 radical (unpaired) electrons. The van der Waals surface area contributed by atoms with E-state index in [1.807, 2.05) is 50.2 Å². The number of rotatable bonds is 4. The molecular weight excluding hydrogens is 468 g/mol. The number of thiocarbonyl (C=S) groups is 1. The van der Waals surface area contributed by atoms with Crippen molar-refractivity contribution >= 4 is 51.7 Å². The molecule has 5 rings (SSSR count). The number of ether oxygens (including phenoxy) is 1. The molecule has 0 saturated carbocycles. The third-order valence-electron chi connectivity index (χ3n) is 5.99. The van der Waals surface area contributed by atoms with E-state index in [-0.39, 0.29) is 11.5 Å². The normalized spacial score (nSPS) is 17.9. The number of fused-ring (bicyclic) bond motifs is 1. The molecule has 0 atom stereocenters. The zero-order valence-corrected chi connectivity index (χ0v) is 20.6. The molecule has 2 aliphatic heterocycles. The van der Waals surface area contributed by atoms with Crippen molar-refractivity contribution in [1.29, 1.82) is 0 Å². The highest BCUT2D eigenvalue weighted by atomic mass is 32.2. The van der Waals surface area contributed by atoms with E-state index in [0.29, 0.717) is 59.1 Å². The van der Waals surface area contributed by atoms with Gasteiger partial charge in [-0.15, -0.1) is 0 Å². The number of nitrogens with zero attached hydrogens (tertiary/aromatic N) is 4. The lowest BCUT2D eigenvalue weighted by atomic mass is 10.1. The quantitative estimate of drug-likeness (QED) is 0.408. The zero-order chi connectivity index (χ0) is 23.8. The monoisotopic (exact) mass is 492 g/mol. The van der Waals surface area contributed by atoms with Crippen molar-refractivity contribution < 1.29 is 9.53 Å². The molecule has 2 aromatic heterocycles. The van der Waals surface area contributed by atoms with Crippen LogP contribution in [0.2, 0.25) is 0 Å². The largest absolute Gasteiger partial charge is 0.378 e. The highest BCUT2D eigenvalue weighted by Crippen LogP contribution is 2.34. The van der Waals surface area contributed by atoms with Crippen molar-refractivity contribution in [3.8, 4) is 0 Å². The molecule has 2 aliphatic rings. The summed E-state index contributed by atoms with van der Waals surface area (Å²) in [5.41, 5.74) is 3.85. The maximum atomic E-state index is 13.6. The SMILES string of the molecule is Cc1ccc(CN2C(=O)/C(=C\c3c(N4CCOCC4)nc4c(C)cccn4c3=O)SC2=S)cc1. The smallest absolute Gasteiger partial charge is 0.267 e. The van der Waals surface area contributed by atoms with Crippen LogP contribution in [0, 0.1) is 13.8 Å². The van der Waals surface area contributed by atoms with Gasteiger partial charge in [-0.25, -0.2) is 4.98 Å². The molecule has 3 aromatic rings. The molecule has 174 valence electrons. The van der Waals surface area contributed by atoms with Crippen LogP contribution in [-0.2, 0) is 16.1 Å². The summed E-state index contributed by atoms with van der Waals surface area (Å²) in [6, 6.07) is 11.8. The van der Waals surface area contributed by atoms with Gasteiger partial charge < -0.3 is 9.64 Å². The molecule has 9 heteroatoms. The molecule has 0 unspecified atom stereocenters. The molecule has 0 spiro atoms. The van der Waals surface area contributed by atoms with Crippen LogP contribution >= 0.6 is 24.0 Å². The summed E-state index contributed by atoms with van der Waals surface area (Å²) in [6.07, 6.45) is 3.37. The lowest BCUT2D eigenvalue weighted by Crippen LogP contribution is -2.38. The van der Waals surface area contributed by atoms with E-state index in [1.165, 1.54) is 16.2 Å². The first-order valence-electron chi connectivity index (χ1n) is 11.1. The van der Waals surface area contributed by atoms with Crippen molar-refractivity contribution in [3.05, 3.63) is 80.1 Å². The van der Waals surface area contributed by atoms with Gasteiger partial charge in [0.15, 0.2) is 0 Å². The van der Waals surface area contributed by atoms with Crippen molar-refractivity contribution in [2.24, 2.45) is 0 Å². The van der Waals surface area contributed by atoms with E-state index in [2.05, 4.69) is 4.90 Å². The zero-order valence-electron chi connectivity index (χ0n) is 19.0. The summed E-state index contributed by atoms with van der Waals surface area (Å²) in [5.74, 6) is 0.378. The summed E-state index contributed by atoms with van der Waals surface area (Å²) in [5, 5.41) is 0. The Morgan fingerprint density at radius 1 is 1.12 bits per heavy atom. The fraction of sp³-hybridized carbons (Fsp3) is 0.280. The molecule has 2 fully saturated rings. The Labute approximate surface area is 207 Å². The van der Waals surface area contributed by atoms with Gasteiger partial charge >= 0.3 is 0 Å². The molecule has 0 bridgehead atoms. The molecule has 0 aliphatic carbocycles. The van der Waals surface area contributed by atoms with Crippen LogP contribution in [0.25, 0.3) is 11.7 Å². The number of benzene rings is 1. The molecule has 0 N–H and O–H groups in total. The molecule has 2 saturated heterocycles. The number of carbonyl (C=O) groups excluding carboxylic acids is 1. The number of pyridine rings is 1. The maximum Gasteiger partial charge on any atom is 0.267 e. The first kappa shape index (κ1) is 22.8. The number of amides is 1. The van der Waals surface area contributed by atoms with E-state index in [9.17, 15) is 9.59 Å². The molecule has 34 heavy (non-hydrogen) atoms. The number of aryl methyl sites for hydroxylation is 2. The predicted molar refractivity (Wildman–Crippen MR) is 139 cm³/mol. The van der Waals surface area contributed by atoms with Crippen molar-refractivity contribution in [3.63, 3.8) is 0 Å². The fourth-order valence-corrected chi connectivity index (χ4v) is 5.32. The van der Waals surface area contributed by atoms with Crippen LogP contribution in [0.5, 0.6) is 0 Å². The third kappa shape index (κ3) is 4.26. The van der Waals surface area contributed by atoms with E-state index in [0.717, 1.165) is 16.7 Å². The maximum absolute atomic E-state index is 13.6. The number of morpholine rings is 1. The summed E-state index contributed by atoms with van der Waals surface area (Å²) in [6.45, 7) is 6.73. The minimum Gasteiger partial charge on any atom is -0.378 e. The van der Waals surface area contributed by atoms with Gasteiger partial charge in [0.2, 0.25) is 0 Å². The highest BCUT2D eigenvalue weighted by molar-refractivity contribution is 8.26. The summed E-state index contributed by atoms with van der Waals surface area (Å²) >= 11 is 6.74. The van der Waals surface area contributed by atoms with Gasteiger partial charge in [0.05, 0.1) is 30.2 Å². The van der Waals surface area contributed by atoms with Gasteiger partial charge in [0, 0.05) is 19.3 Å². The highest BCUT2D eigenvalue weighted by Gasteiger charge is 2.33. The van der Waals surface area contributed by atoms with E-state index >= 15 is 0 Å². The minimum atomic E-state index is -0.209. The van der Waals surface area contributed by atoms with Crippen molar-refractivity contribution in [2.45, 2.75) is 20.4 Å². The lowest BCUT2D eigenvalue weighted by Gasteiger charge is -2.29. The van der Waals surface area contributed by atoms with Gasteiger partial charge in [0.1, 0.15) is 15.8 Å². The number of carbonyl (C=O) groups is 1. The van der Waals surface area contributed by atoms with Gasteiger partial charge in [-0.2, -0.15) is 0 Å². The van der Waals surface area contributed by atoms with Crippen molar-refractivity contribution in [2.75, 3.05) is 31.2 Å². The number of anilines is 1. The summed E-state index contributed by atoms with van der Waals surface area (Å²) in [4.78, 5) is 35.8. The predicted octanol–water partition coefficient (Wildman–Crippen LogP) is 3.55. The number of hydrogen-bond donors (Lipinski definition) is 0. The Morgan fingerprint density at radius 2 is 1.85 bits per heavy atom. The molecular formula is C25H24N4O3S2. The van der Waals surface area contributed by atoms with E-state index < -0.39 is 0 Å². The Kier molecular flexibility index (Phi) is 6.24. The van der Waals surface area contributed by atoms with Gasteiger partial charge in [-0.1, -0.05) is 59.9 Å². The van der Waals surface area contributed by atoms with Crippen molar-refractivity contribution in [1.82, 2.24) is 14.3 Å². The lowest BCUT2D eigenvalue weighted by molar-refractivity contribution is -0.122. The Hall–Kier alpha value is -3.01. The Balaban J connectivity index is 1.57. The molecule has 1 aromatic carbocycles. The average Bonchev–Trinajstić information content (AvgIpc) is 3.10. The molecule has 7 nitrogen and oxygen atoms in total. The fourth-order valence-electron chi connectivity index (χ4n) is 4.09. The van der Waals surface area contributed by atoms with E-state index in [1.54, 1.807) is 17.2 Å². The van der Waals surface area contributed by atoms with Crippen LogP contribution in [0.4, 0.5) is 5.82 Å². The van der Waals surface area contributed by atoms with Crippen LogP contribution in [0.3, 0.4) is 0 Å². The first-order valence-corrected chi connectivity index (χ1v) is 12.3. The summed E-state index contributed by atoms with van der Waals surface area (Å²) < 4.78 is 7.52. The number of hydrogen-bond acceptors (Lipinski definition) is 7. The second-order valence-corrected chi connectivity index (χ2v) is 10.1.